The number of alkyl halides is 3. The van der Waals surface area contributed by atoms with Gasteiger partial charge in [0, 0.05) is 39.3 Å². The molecule has 7 heteroatoms. The molecular weight excluding hydrogens is 257 g/mol. The molecule has 4 nitrogen and oxygen atoms in total. The van der Waals surface area contributed by atoms with E-state index in [0.717, 1.165) is 12.5 Å². The molecule has 0 aromatic carbocycles. The van der Waals surface area contributed by atoms with Crippen LogP contribution in [0.2, 0.25) is 0 Å². The van der Waals surface area contributed by atoms with E-state index in [0.29, 0.717) is 32.7 Å². The van der Waals surface area contributed by atoms with E-state index in [2.05, 4.69) is 10.3 Å². The van der Waals surface area contributed by atoms with Gasteiger partial charge in [-0.1, -0.05) is 0 Å². The molecule has 0 saturated carbocycles. The number of guanidine groups is 1. The molecule has 1 unspecified atom stereocenters. The van der Waals surface area contributed by atoms with E-state index >= 15 is 0 Å². The highest BCUT2D eigenvalue weighted by atomic mass is 19.4. The molecule has 0 aliphatic carbocycles. The van der Waals surface area contributed by atoms with Gasteiger partial charge in [0.25, 0.3) is 0 Å². The van der Waals surface area contributed by atoms with Crippen molar-refractivity contribution in [3.63, 3.8) is 0 Å². The molecule has 0 bridgehead atoms. The first-order valence-corrected chi connectivity index (χ1v) is 6.74. The van der Waals surface area contributed by atoms with Crippen LogP contribution in [-0.2, 0) is 0 Å². The van der Waals surface area contributed by atoms with E-state index in [-0.39, 0.29) is 0 Å². The molecule has 1 aliphatic heterocycles. The summed E-state index contributed by atoms with van der Waals surface area (Å²) in [7, 11) is 0. The smallest absolute Gasteiger partial charge is 0.357 e. The van der Waals surface area contributed by atoms with Crippen LogP contribution in [0.5, 0.6) is 0 Å². The summed E-state index contributed by atoms with van der Waals surface area (Å²) in [6.07, 6.45) is -4.15. The predicted octanol–water partition coefficient (Wildman–Crippen LogP) is 1.54. The molecule has 1 N–H and O–H groups in total. The first kappa shape index (κ1) is 16.1. The molecule has 0 aromatic heterocycles. The number of nitrogens with zero attached hydrogens (tertiary/aromatic N) is 3. The second-order valence-electron chi connectivity index (χ2n) is 4.57. The molecule has 1 rings (SSSR count). The van der Waals surface area contributed by atoms with Gasteiger partial charge in [-0.3, -0.25) is 9.89 Å². The Morgan fingerprint density at radius 3 is 2.21 bits per heavy atom. The minimum atomic E-state index is -4.15. The van der Waals surface area contributed by atoms with E-state index in [1.165, 1.54) is 11.8 Å². The average molecular weight is 280 g/mol. The maximum Gasteiger partial charge on any atom is 0.403 e. The summed E-state index contributed by atoms with van der Waals surface area (Å²) in [5.41, 5.74) is 0. The third-order valence-corrected chi connectivity index (χ3v) is 3.28. The molecule has 0 radical (unpaired) electrons. The summed E-state index contributed by atoms with van der Waals surface area (Å²) in [4.78, 5) is 7.85. The molecule has 112 valence electrons. The van der Waals surface area contributed by atoms with Gasteiger partial charge in [0.05, 0.1) is 0 Å². The van der Waals surface area contributed by atoms with Gasteiger partial charge in [0.15, 0.2) is 5.96 Å². The Bertz CT molecular complexity index is 296. The summed E-state index contributed by atoms with van der Waals surface area (Å²) in [6, 6.07) is -1.37. The highest BCUT2D eigenvalue weighted by Gasteiger charge is 2.40. The molecule has 19 heavy (non-hydrogen) atoms. The second kappa shape index (κ2) is 6.98. The maximum atomic E-state index is 12.6. The van der Waals surface area contributed by atoms with Crippen molar-refractivity contribution >= 4 is 5.96 Å². The van der Waals surface area contributed by atoms with Crippen molar-refractivity contribution in [1.29, 1.82) is 0 Å². The van der Waals surface area contributed by atoms with Crippen LogP contribution in [0.1, 0.15) is 20.8 Å². The molecular formula is C12H23F3N4. The fourth-order valence-electron chi connectivity index (χ4n) is 2.10. The minimum absolute atomic E-state index is 0.412. The Kier molecular flexibility index (Phi) is 5.90. The summed E-state index contributed by atoms with van der Waals surface area (Å²) < 4.78 is 37.9. The molecule has 0 spiro atoms. The Hall–Kier alpha value is -0.980. The third-order valence-electron chi connectivity index (χ3n) is 3.28. The van der Waals surface area contributed by atoms with Gasteiger partial charge in [-0.05, 0) is 20.8 Å². The summed E-state index contributed by atoms with van der Waals surface area (Å²) in [6.45, 7) is 8.55. The Balaban J connectivity index is 2.54. The largest absolute Gasteiger partial charge is 0.403 e. The predicted molar refractivity (Wildman–Crippen MR) is 70.3 cm³/mol. The van der Waals surface area contributed by atoms with Crippen LogP contribution in [0, 0.1) is 0 Å². The quantitative estimate of drug-likeness (QED) is 0.628. The lowest BCUT2D eigenvalue weighted by Gasteiger charge is -2.39. The Morgan fingerprint density at radius 1 is 1.21 bits per heavy atom. The minimum Gasteiger partial charge on any atom is -0.357 e. The van der Waals surface area contributed by atoms with E-state index in [1.54, 1.807) is 0 Å². The Labute approximate surface area is 112 Å². The summed E-state index contributed by atoms with van der Waals surface area (Å²) >= 11 is 0. The van der Waals surface area contributed by atoms with Gasteiger partial charge in [0.1, 0.15) is 6.04 Å². The maximum absolute atomic E-state index is 12.6. The fraction of sp³-hybridized carbons (Fsp3) is 0.917. The lowest BCUT2D eigenvalue weighted by atomic mass is 10.2. The van der Waals surface area contributed by atoms with Crippen LogP contribution in [0.3, 0.4) is 0 Å². The molecule has 1 atom stereocenters. The zero-order valence-electron chi connectivity index (χ0n) is 11.8. The standard InChI is InChI=1S/C12H23F3N4/c1-4-16-11(17-5-2)19-8-6-18(7-9-19)10(3)12(13,14)15/h10H,4-9H2,1-3H3,(H,16,17). The zero-order valence-corrected chi connectivity index (χ0v) is 11.8. The van der Waals surface area contributed by atoms with Gasteiger partial charge in [0.2, 0.25) is 0 Å². The number of rotatable bonds is 3. The van der Waals surface area contributed by atoms with Crippen LogP contribution < -0.4 is 5.32 Å². The SMILES string of the molecule is CCN=C(NCC)N1CCN(C(C)C(F)(F)F)CC1. The summed E-state index contributed by atoms with van der Waals surface area (Å²) in [5, 5.41) is 3.16. The topological polar surface area (TPSA) is 30.9 Å². The number of hydrogen-bond acceptors (Lipinski definition) is 2. The number of halogens is 3. The van der Waals surface area contributed by atoms with E-state index in [1.807, 2.05) is 18.7 Å². The van der Waals surface area contributed by atoms with Crippen molar-refractivity contribution < 1.29 is 13.2 Å². The molecule has 1 heterocycles. The normalized spacial score (nSPS) is 20.5. The van der Waals surface area contributed by atoms with Crippen molar-refractivity contribution in [2.24, 2.45) is 4.99 Å². The van der Waals surface area contributed by atoms with E-state index < -0.39 is 12.2 Å². The van der Waals surface area contributed by atoms with Gasteiger partial charge in [-0.25, -0.2) is 0 Å². The van der Waals surface area contributed by atoms with Crippen LogP contribution in [0.4, 0.5) is 13.2 Å². The molecule has 1 fully saturated rings. The fourth-order valence-corrected chi connectivity index (χ4v) is 2.10. The molecule has 1 aliphatic rings. The van der Waals surface area contributed by atoms with Crippen molar-refractivity contribution in [1.82, 2.24) is 15.1 Å². The lowest BCUT2D eigenvalue weighted by Crippen LogP contribution is -2.56. The second-order valence-corrected chi connectivity index (χ2v) is 4.57. The average Bonchev–Trinajstić information content (AvgIpc) is 2.37. The molecule has 1 saturated heterocycles. The van der Waals surface area contributed by atoms with Crippen molar-refractivity contribution in [2.75, 3.05) is 39.3 Å². The van der Waals surface area contributed by atoms with Crippen molar-refractivity contribution in [3.05, 3.63) is 0 Å². The van der Waals surface area contributed by atoms with Gasteiger partial charge in [-0.2, -0.15) is 13.2 Å². The van der Waals surface area contributed by atoms with Crippen molar-refractivity contribution in [3.8, 4) is 0 Å². The number of aliphatic imine (C=N–C) groups is 1. The highest BCUT2D eigenvalue weighted by molar-refractivity contribution is 5.80. The monoisotopic (exact) mass is 280 g/mol. The van der Waals surface area contributed by atoms with Gasteiger partial charge < -0.3 is 10.2 Å². The van der Waals surface area contributed by atoms with Crippen molar-refractivity contribution in [2.45, 2.75) is 33.0 Å². The summed E-state index contributed by atoms with van der Waals surface area (Å²) in [5.74, 6) is 0.796. The molecule has 0 aromatic rings. The zero-order chi connectivity index (χ0) is 14.5. The Morgan fingerprint density at radius 2 is 1.79 bits per heavy atom. The third kappa shape index (κ3) is 4.56. The van der Waals surface area contributed by atoms with Crippen LogP contribution in [-0.4, -0.2) is 67.2 Å². The van der Waals surface area contributed by atoms with Crippen LogP contribution in [0.25, 0.3) is 0 Å². The number of hydrogen-bond donors (Lipinski definition) is 1. The highest BCUT2D eigenvalue weighted by Crippen LogP contribution is 2.25. The first-order chi connectivity index (χ1) is 8.90. The van der Waals surface area contributed by atoms with Crippen LogP contribution >= 0.6 is 0 Å². The van der Waals surface area contributed by atoms with E-state index in [4.69, 9.17) is 0 Å². The van der Waals surface area contributed by atoms with Crippen LogP contribution in [0.15, 0.2) is 4.99 Å². The number of nitrogens with one attached hydrogen (secondary N) is 1. The molecule has 0 amide bonds. The first-order valence-electron chi connectivity index (χ1n) is 6.74. The van der Waals surface area contributed by atoms with Gasteiger partial charge in [-0.15, -0.1) is 0 Å². The number of piperazine rings is 1. The van der Waals surface area contributed by atoms with E-state index in [9.17, 15) is 13.2 Å². The lowest BCUT2D eigenvalue weighted by molar-refractivity contribution is -0.181. The van der Waals surface area contributed by atoms with Gasteiger partial charge >= 0.3 is 6.18 Å².